The fourth-order valence-corrected chi connectivity index (χ4v) is 2.87. The van der Waals surface area contributed by atoms with Gasteiger partial charge in [-0.2, -0.15) is 0 Å². The Kier molecular flexibility index (Phi) is 5.51. The van der Waals surface area contributed by atoms with E-state index in [9.17, 15) is 9.59 Å². The van der Waals surface area contributed by atoms with Crippen LogP contribution in [-0.2, 0) is 16.0 Å². The van der Waals surface area contributed by atoms with Crippen LogP contribution in [-0.4, -0.2) is 28.5 Å². The molecule has 0 fully saturated rings. The van der Waals surface area contributed by atoms with Crippen molar-refractivity contribution in [2.24, 2.45) is 5.92 Å². The van der Waals surface area contributed by atoms with Gasteiger partial charge in [0.25, 0.3) is 0 Å². The summed E-state index contributed by atoms with van der Waals surface area (Å²) in [6, 6.07) is 7.39. The molecule has 0 aliphatic heterocycles. The van der Waals surface area contributed by atoms with E-state index in [4.69, 9.17) is 16.7 Å². The molecule has 22 heavy (non-hydrogen) atoms. The number of carboxylic acids is 1. The Morgan fingerprint density at radius 1 is 1.41 bits per heavy atom. The first-order valence-corrected chi connectivity index (χ1v) is 7.92. The highest BCUT2D eigenvalue weighted by molar-refractivity contribution is 7.13. The topological polar surface area (TPSA) is 79.3 Å². The second kappa shape index (κ2) is 7.38. The predicted molar refractivity (Wildman–Crippen MR) is 86.1 cm³/mol. The summed E-state index contributed by atoms with van der Waals surface area (Å²) < 4.78 is 0. The van der Waals surface area contributed by atoms with Gasteiger partial charge in [-0.1, -0.05) is 36.7 Å². The average molecular weight is 339 g/mol. The second-order valence-electron chi connectivity index (χ2n) is 4.84. The summed E-state index contributed by atoms with van der Waals surface area (Å²) in [5.41, 5.74) is 1.47. The quantitative estimate of drug-likeness (QED) is 0.848. The summed E-state index contributed by atoms with van der Waals surface area (Å²) in [5.74, 6) is -1.79. The zero-order valence-corrected chi connectivity index (χ0v) is 13.4. The second-order valence-corrected chi connectivity index (χ2v) is 6.11. The van der Waals surface area contributed by atoms with Crippen LogP contribution in [0.1, 0.15) is 12.6 Å². The third-order valence-electron chi connectivity index (χ3n) is 3.02. The lowest BCUT2D eigenvalue weighted by Crippen LogP contribution is -2.32. The summed E-state index contributed by atoms with van der Waals surface area (Å²) in [7, 11) is 0. The molecule has 1 amide bonds. The number of carbonyl (C=O) groups is 2. The number of hydrogen-bond acceptors (Lipinski definition) is 4. The van der Waals surface area contributed by atoms with Crippen molar-refractivity contribution in [1.82, 2.24) is 10.3 Å². The lowest BCUT2D eigenvalue weighted by Gasteiger charge is -2.07. The fraction of sp³-hybridized carbons (Fsp3) is 0.267. The minimum atomic E-state index is -0.935. The molecular formula is C15H15ClN2O3S. The number of nitrogens with zero attached hydrogens (tertiary/aromatic N) is 1. The first-order valence-electron chi connectivity index (χ1n) is 6.66. The Balaban J connectivity index is 1.96. The highest BCUT2D eigenvalue weighted by Crippen LogP contribution is 2.30. The van der Waals surface area contributed by atoms with Crippen molar-refractivity contribution in [3.63, 3.8) is 0 Å². The minimum absolute atomic E-state index is 0.107. The summed E-state index contributed by atoms with van der Waals surface area (Å²) in [4.78, 5) is 26.9. The van der Waals surface area contributed by atoms with E-state index in [1.54, 1.807) is 18.4 Å². The van der Waals surface area contributed by atoms with Crippen LogP contribution in [0.3, 0.4) is 0 Å². The standard InChI is InChI=1S/C15H15ClN2O3S/c1-9(15(20)21)7-17-13(19)6-10-8-22-14(18-10)11-4-2-3-5-12(11)16/h2-5,8-9H,6-7H2,1H3,(H,17,19)(H,20,21). The van der Waals surface area contributed by atoms with E-state index in [0.29, 0.717) is 10.7 Å². The smallest absolute Gasteiger partial charge is 0.308 e. The largest absolute Gasteiger partial charge is 0.481 e. The van der Waals surface area contributed by atoms with Crippen LogP contribution < -0.4 is 5.32 Å². The third-order valence-corrected chi connectivity index (χ3v) is 4.28. The summed E-state index contributed by atoms with van der Waals surface area (Å²) in [5, 5.41) is 14.5. The molecule has 2 N–H and O–H groups in total. The average Bonchev–Trinajstić information content (AvgIpc) is 2.93. The van der Waals surface area contributed by atoms with Crippen LogP contribution >= 0.6 is 22.9 Å². The van der Waals surface area contributed by atoms with Crippen molar-refractivity contribution < 1.29 is 14.7 Å². The molecule has 0 aliphatic carbocycles. The first kappa shape index (κ1) is 16.5. The highest BCUT2D eigenvalue weighted by atomic mass is 35.5. The number of aliphatic carboxylic acids is 1. The zero-order valence-electron chi connectivity index (χ0n) is 11.9. The predicted octanol–water partition coefficient (Wildman–Crippen LogP) is 2.84. The molecule has 1 heterocycles. The summed E-state index contributed by atoms with van der Waals surface area (Å²) >= 11 is 7.54. The molecule has 0 saturated carbocycles. The monoisotopic (exact) mass is 338 g/mol. The van der Waals surface area contributed by atoms with Crippen molar-refractivity contribution in [2.45, 2.75) is 13.3 Å². The lowest BCUT2D eigenvalue weighted by molar-refractivity contribution is -0.141. The number of nitrogens with one attached hydrogen (secondary N) is 1. The SMILES string of the molecule is CC(CNC(=O)Cc1csc(-c2ccccc2Cl)n1)C(=O)O. The number of carboxylic acid groups (broad SMARTS) is 1. The Morgan fingerprint density at radius 2 is 2.14 bits per heavy atom. The van der Waals surface area contributed by atoms with Gasteiger partial charge in [0.05, 0.1) is 23.1 Å². The molecule has 116 valence electrons. The molecule has 7 heteroatoms. The van der Waals surface area contributed by atoms with Gasteiger partial charge in [0.15, 0.2) is 0 Å². The molecule has 2 rings (SSSR count). The maximum Gasteiger partial charge on any atom is 0.308 e. The van der Waals surface area contributed by atoms with E-state index in [-0.39, 0.29) is 18.9 Å². The molecule has 0 radical (unpaired) electrons. The van der Waals surface area contributed by atoms with E-state index in [2.05, 4.69) is 10.3 Å². The molecule has 5 nitrogen and oxygen atoms in total. The molecule has 0 aliphatic rings. The molecule has 2 aromatic rings. The number of hydrogen-bond donors (Lipinski definition) is 2. The summed E-state index contributed by atoms with van der Waals surface area (Å²) in [6.45, 7) is 1.65. The Labute approximate surface area is 137 Å². The summed E-state index contributed by atoms with van der Waals surface area (Å²) in [6.07, 6.45) is 0.118. The number of aromatic nitrogens is 1. The van der Waals surface area contributed by atoms with E-state index in [0.717, 1.165) is 10.6 Å². The van der Waals surface area contributed by atoms with Crippen LogP contribution in [0.25, 0.3) is 10.6 Å². The number of carbonyl (C=O) groups excluding carboxylic acids is 1. The number of thiazole rings is 1. The number of amides is 1. The molecule has 0 bridgehead atoms. The van der Waals surface area contributed by atoms with Gasteiger partial charge < -0.3 is 10.4 Å². The van der Waals surface area contributed by atoms with Crippen LogP contribution in [0.15, 0.2) is 29.6 Å². The molecule has 0 spiro atoms. The fourth-order valence-electron chi connectivity index (χ4n) is 1.73. The molecule has 1 unspecified atom stereocenters. The highest BCUT2D eigenvalue weighted by Gasteiger charge is 2.14. The first-order chi connectivity index (χ1) is 10.5. The van der Waals surface area contributed by atoms with E-state index >= 15 is 0 Å². The van der Waals surface area contributed by atoms with Crippen LogP contribution in [0.5, 0.6) is 0 Å². The number of benzene rings is 1. The van der Waals surface area contributed by atoms with Crippen LogP contribution in [0, 0.1) is 5.92 Å². The van der Waals surface area contributed by atoms with Gasteiger partial charge in [0, 0.05) is 17.5 Å². The van der Waals surface area contributed by atoms with E-state index in [1.165, 1.54) is 11.3 Å². The normalized spacial score (nSPS) is 11.9. The van der Waals surface area contributed by atoms with Gasteiger partial charge in [-0.05, 0) is 6.07 Å². The van der Waals surface area contributed by atoms with Crippen molar-refractivity contribution >= 4 is 34.8 Å². The third kappa shape index (κ3) is 4.29. The number of rotatable bonds is 6. The molecular weight excluding hydrogens is 324 g/mol. The Hall–Kier alpha value is -1.92. The van der Waals surface area contributed by atoms with E-state index < -0.39 is 11.9 Å². The maximum absolute atomic E-state index is 11.8. The van der Waals surface area contributed by atoms with Gasteiger partial charge in [-0.3, -0.25) is 9.59 Å². The van der Waals surface area contributed by atoms with Crippen molar-refractivity contribution in [3.8, 4) is 10.6 Å². The zero-order chi connectivity index (χ0) is 16.1. The van der Waals surface area contributed by atoms with Gasteiger partial charge >= 0.3 is 5.97 Å². The van der Waals surface area contributed by atoms with Gasteiger partial charge in [-0.25, -0.2) is 4.98 Å². The molecule has 1 atom stereocenters. The van der Waals surface area contributed by atoms with Gasteiger partial charge in [-0.15, -0.1) is 11.3 Å². The Morgan fingerprint density at radius 3 is 2.82 bits per heavy atom. The van der Waals surface area contributed by atoms with Gasteiger partial charge in [0.1, 0.15) is 5.01 Å². The van der Waals surface area contributed by atoms with Crippen molar-refractivity contribution in [1.29, 1.82) is 0 Å². The molecule has 1 aromatic carbocycles. The Bertz CT molecular complexity index is 687. The minimum Gasteiger partial charge on any atom is -0.481 e. The van der Waals surface area contributed by atoms with Crippen LogP contribution in [0.2, 0.25) is 5.02 Å². The number of halogens is 1. The maximum atomic E-state index is 11.8. The molecule has 0 saturated heterocycles. The van der Waals surface area contributed by atoms with Gasteiger partial charge in [0.2, 0.25) is 5.91 Å². The molecule has 1 aromatic heterocycles. The lowest BCUT2D eigenvalue weighted by atomic mass is 10.2. The van der Waals surface area contributed by atoms with Crippen molar-refractivity contribution in [3.05, 3.63) is 40.4 Å². The van der Waals surface area contributed by atoms with E-state index in [1.807, 2.05) is 18.2 Å². The van der Waals surface area contributed by atoms with Crippen LogP contribution in [0.4, 0.5) is 0 Å². The van der Waals surface area contributed by atoms with Crippen molar-refractivity contribution in [2.75, 3.05) is 6.54 Å².